The molecule has 0 heterocycles. The van der Waals surface area contributed by atoms with Gasteiger partial charge in [0.05, 0.1) is 0 Å². The minimum absolute atomic E-state index is 0.147. The molecule has 0 atom stereocenters. The Hall–Kier alpha value is -2.04. The molecular weight excluding hydrogens is 270 g/mol. The van der Waals surface area contributed by atoms with E-state index in [2.05, 4.69) is 0 Å². The minimum Gasteiger partial charge on any atom is -0.483 e. The van der Waals surface area contributed by atoms with E-state index in [4.69, 9.17) is 9.84 Å². The zero-order valence-electron chi connectivity index (χ0n) is 13.0. The number of carbonyl (C=O) groups excluding carboxylic acids is 1. The minimum atomic E-state index is -1.02. The number of para-hydroxylation sites is 1. The fraction of sp³-hybridized carbons (Fsp3) is 0.500. The quantitative estimate of drug-likeness (QED) is 0.837. The van der Waals surface area contributed by atoms with Crippen molar-refractivity contribution in [3.8, 4) is 5.75 Å². The average Bonchev–Trinajstić information content (AvgIpc) is 2.36. The van der Waals surface area contributed by atoms with Gasteiger partial charge in [0.15, 0.2) is 6.61 Å². The zero-order chi connectivity index (χ0) is 16.0. The summed E-state index contributed by atoms with van der Waals surface area (Å²) >= 11 is 0. The average molecular weight is 293 g/mol. The normalized spacial score (nSPS) is 10.5. The van der Waals surface area contributed by atoms with Crippen molar-refractivity contribution in [3.05, 3.63) is 29.3 Å². The molecule has 0 bridgehead atoms. The van der Waals surface area contributed by atoms with E-state index in [0.717, 1.165) is 11.1 Å². The van der Waals surface area contributed by atoms with E-state index in [0.29, 0.717) is 12.3 Å². The Bertz CT molecular complexity index is 491. The Morgan fingerprint density at radius 2 is 1.81 bits per heavy atom. The maximum Gasteiger partial charge on any atom is 0.323 e. The number of ether oxygens (including phenoxy) is 1. The van der Waals surface area contributed by atoms with Crippen LogP contribution in [0.2, 0.25) is 0 Å². The molecule has 0 spiro atoms. The van der Waals surface area contributed by atoms with Crippen molar-refractivity contribution in [2.45, 2.75) is 27.7 Å². The number of carbonyl (C=O) groups is 2. The van der Waals surface area contributed by atoms with Gasteiger partial charge in [0.25, 0.3) is 5.91 Å². The highest BCUT2D eigenvalue weighted by Crippen LogP contribution is 2.22. The summed E-state index contributed by atoms with van der Waals surface area (Å²) in [6, 6.07) is 5.75. The summed E-state index contributed by atoms with van der Waals surface area (Å²) in [5, 5.41) is 8.88. The molecule has 116 valence electrons. The third-order valence-electron chi connectivity index (χ3n) is 3.01. The molecule has 0 radical (unpaired) electrons. The molecule has 1 aromatic rings. The van der Waals surface area contributed by atoms with Crippen LogP contribution in [0.1, 0.15) is 25.0 Å². The van der Waals surface area contributed by atoms with E-state index in [1.54, 1.807) is 0 Å². The van der Waals surface area contributed by atoms with Crippen molar-refractivity contribution in [3.63, 3.8) is 0 Å². The van der Waals surface area contributed by atoms with Gasteiger partial charge in [-0.25, -0.2) is 0 Å². The van der Waals surface area contributed by atoms with Crippen molar-refractivity contribution >= 4 is 11.9 Å². The van der Waals surface area contributed by atoms with Gasteiger partial charge in [-0.1, -0.05) is 32.0 Å². The second kappa shape index (κ2) is 7.67. The van der Waals surface area contributed by atoms with Crippen LogP contribution in [-0.2, 0) is 9.59 Å². The van der Waals surface area contributed by atoms with Crippen LogP contribution in [0.3, 0.4) is 0 Å². The van der Waals surface area contributed by atoms with Gasteiger partial charge in [0.2, 0.25) is 0 Å². The molecule has 21 heavy (non-hydrogen) atoms. The predicted octanol–water partition coefficient (Wildman–Crippen LogP) is 2.25. The fourth-order valence-electron chi connectivity index (χ4n) is 2.11. The molecule has 5 heteroatoms. The highest BCUT2D eigenvalue weighted by atomic mass is 16.5. The molecule has 1 aromatic carbocycles. The third-order valence-corrected chi connectivity index (χ3v) is 3.01. The number of rotatable bonds is 7. The third kappa shape index (κ3) is 5.45. The van der Waals surface area contributed by atoms with Gasteiger partial charge in [-0.15, -0.1) is 0 Å². The molecule has 5 nitrogen and oxygen atoms in total. The van der Waals surface area contributed by atoms with E-state index in [1.807, 2.05) is 45.9 Å². The zero-order valence-corrected chi connectivity index (χ0v) is 13.0. The molecule has 1 rings (SSSR count). The molecule has 1 N–H and O–H groups in total. The molecule has 0 saturated heterocycles. The molecule has 0 fully saturated rings. The first-order chi connectivity index (χ1) is 9.81. The molecule has 0 aliphatic carbocycles. The van der Waals surface area contributed by atoms with E-state index >= 15 is 0 Å². The lowest BCUT2D eigenvalue weighted by atomic mass is 10.1. The molecule has 0 aliphatic rings. The van der Waals surface area contributed by atoms with E-state index < -0.39 is 5.97 Å². The molecule has 0 saturated carbocycles. The van der Waals surface area contributed by atoms with Crippen LogP contribution in [0.4, 0.5) is 0 Å². The van der Waals surface area contributed by atoms with E-state index in [1.165, 1.54) is 4.90 Å². The van der Waals surface area contributed by atoms with Crippen LogP contribution in [0.15, 0.2) is 18.2 Å². The van der Waals surface area contributed by atoms with E-state index in [9.17, 15) is 9.59 Å². The lowest BCUT2D eigenvalue weighted by Crippen LogP contribution is -2.40. The van der Waals surface area contributed by atoms with Crippen molar-refractivity contribution < 1.29 is 19.4 Å². The van der Waals surface area contributed by atoms with Gasteiger partial charge in [-0.3, -0.25) is 9.59 Å². The van der Waals surface area contributed by atoms with Crippen LogP contribution < -0.4 is 4.74 Å². The van der Waals surface area contributed by atoms with Crippen LogP contribution in [-0.4, -0.2) is 41.6 Å². The van der Waals surface area contributed by atoms with Crippen molar-refractivity contribution in [1.29, 1.82) is 0 Å². The van der Waals surface area contributed by atoms with Crippen molar-refractivity contribution in [1.82, 2.24) is 4.90 Å². The molecular formula is C16H23NO4. The topological polar surface area (TPSA) is 66.8 Å². The SMILES string of the molecule is Cc1cccc(C)c1OCC(=O)N(CC(=O)O)CC(C)C. The highest BCUT2D eigenvalue weighted by molar-refractivity contribution is 5.82. The summed E-state index contributed by atoms with van der Waals surface area (Å²) < 4.78 is 5.59. The summed E-state index contributed by atoms with van der Waals surface area (Å²) in [5.74, 6) is -0.441. The first kappa shape index (κ1) is 17.0. The monoisotopic (exact) mass is 293 g/mol. The van der Waals surface area contributed by atoms with Gasteiger partial charge in [0, 0.05) is 6.54 Å². The second-order valence-corrected chi connectivity index (χ2v) is 5.57. The molecule has 1 amide bonds. The maximum absolute atomic E-state index is 12.1. The number of nitrogens with zero attached hydrogens (tertiary/aromatic N) is 1. The number of carboxylic acid groups (broad SMARTS) is 1. The number of hydrogen-bond acceptors (Lipinski definition) is 3. The summed E-state index contributed by atoms with van der Waals surface area (Å²) in [7, 11) is 0. The largest absolute Gasteiger partial charge is 0.483 e. The standard InChI is InChI=1S/C16H23NO4/c1-11(2)8-17(9-15(19)20)14(18)10-21-16-12(3)6-5-7-13(16)4/h5-7,11H,8-10H2,1-4H3,(H,19,20). The summed E-state index contributed by atoms with van der Waals surface area (Å²) in [6.45, 7) is 7.66. The smallest absolute Gasteiger partial charge is 0.323 e. The predicted molar refractivity (Wildman–Crippen MR) is 80.5 cm³/mol. The Balaban J connectivity index is 2.71. The van der Waals surface area contributed by atoms with Crippen molar-refractivity contribution in [2.24, 2.45) is 5.92 Å². The Kier molecular flexibility index (Phi) is 6.21. The van der Waals surface area contributed by atoms with Crippen LogP contribution in [0.25, 0.3) is 0 Å². The van der Waals surface area contributed by atoms with Crippen LogP contribution >= 0.6 is 0 Å². The maximum atomic E-state index is 12.1. The van der Waals surface area contributed by atoms with Gasteiger partial charge >= 0.3 is 5.97 Å². The number of benzene rings is 1. The summed E-state index contributed by atoms with van der Waals surface area (Å²) in [5.41, 5.74) is 1.91. The van der Waals surface area contributed by atoms with Gasteiger partial charge in [0.1, 0.15) is 12.3 Å². The van der Waals surface area contributed by atoms with Crippen LogP contribution in [0, 0.1) is 19.8 Å². The lowest BCUT2D eigenvalue weighted by Gasteiger charge is -2.23. The molecule has 0 aromatic heterocycles. The first-order valence-corrected chi connectivity index (χ1v) is 6.99. The van der Waals surface area contributed by atoms with Gasteiger partial charge < -0.3 is 14.7 Å². The first-order valence-electron chi connectivity index (χ1n) is 6.99. The molecule has 0 unspecified atom stereocenters. The van der Waals surface area contributed by atoms with E-state index in [-0.39, 0.29) is 25.0 Å². The fourth-order valence-corrected chi connectivity index (χ4v) is 2.11. The molecule has 0 aliphatic heterocycles. The lowest BCUT2D eigenvalue weighted by molar-refractivity contribution is -0.145. The number of amides is 1. The number of aryl methyl sites for hydroxylation is 2. The Labute approximate surface area is 125 Å². The summed E-state index contributed by atoms with van der Waals surface area (Å²) in [6.07, 6.45) is 0. The highest BCUT2D eigenvalue weighted by Gasteiger charge is 2.19. The number of carboxylic acids is 1. The Morgan fingerprint density at radius 3 is 2.29 bits per heavy atom. The van der Waals surface area contributed by atoms with Crippen molar-refractivity contribution in [2.75, 3.05) is 19.7 Å². The number of aliphatic carboxylic acids is 1. The summed E-state index contributed by atoms with van der Waals surface area (Å²) in [4.78, 5) is 24.3. The Morgan fingerprint density at radius 1 is 1.24 bits per heavy atom. The van der Waals surface area contributed by atoms with Gasteiger partial charge in [-0.05, 0) is 30.9 Å². The second-order valence-electron chi connectivity index (χ2n) is 5.57. The van der Waals surface area contributed by atoms with Gasteiger partial charge in [-0.2, -0.15) is 0 Å². The number of hydrogen-bond donors (Lipinski definition) is 1. The van der Waals surface area contributed by atoms with Crippen LogP contribution in [0.5, 0.6) is 5.75 Å².